The Morgan fingerprint density at radius 1 is 0.462 bits per heavy atom. The molecule has 2 nitrogen and oxygen atoms in total. The fraction of sp³-hybridized carbons (Fsp3) is 0.175. The first kappa shape index (κ1) is 40.6. The fourth-order valence-corrected chi connectivity index (χ4v) is 10.2. The van der Waals surface area contributed by atoms with Crippen molar-refractivity contribution in [1.82, 2.24) is 9.13 Å². The lowest BCUT2D eigenvalue weighted by atomic mass is 9.88. The lowest BCUT2D eigenvalue weighted by Gasteiger charge is -2.18. The van der Waals surface area contributed by atoms with Gasteiger partial charge in [0.1, 0.15) is 0 Å². The molecule has 1 unspecified atom stereocenters. The van der Waals surface area contributed by atoms with Crippen LogP contribution in [0, 0.1) is 5.41 Å². The van der Waals surface area contributed by atoms with Gasteiger partial charge in [0.25, 0.3) is 0 Å². The summed E-state index contributed by atoms with van der Waals surface area (Å²) < 4.78 is 4.96. The summed E-state index contributed by atoms with van der Waals surface area (Å²) in [5, 5.41) is 3.87. The highest BCUT2D eigenvalue weighted by atomic mass is 15.0. The maximum absolute atomic E-state index is 2.49. The Bertz CT molecular complexity index is 3420. The Hall–Kier alpha value is -7.16. The molecule has 0 N–H and O–H groups in total. The second-order valence-corrected chi connectivity index (χ2v) is 19.0. The van der Waals surface area contributed by atoms with Crippen LogP contribution in [-0.4, -0.2) is 9.13 Å². The molecule has 0 bridgehead atoms. The van der Waals surface area contributed by atoms with E-state index < -0.39 is 0 Å². The number of para-hydroxylation sites is 2. The summed E-state index contributed by atoms with van der Waals surface area (Å²) >= 11 is 0. The molecule has 65 heavy (non-hydrogen) atoms. The molecule has 2 heteroatoms. The molecular formula is C63H56N2. The van der Waals surface area contributed by atoms with Crippen LogP contribution in [0.2, 0.25) is 0 Å². The third-order valence-electron chi connectivity index (χ3n) is 14.7. The lowest BCUT2D eigenvalue weighted by molar-refractivity contribution is 0.338. The molecule has 0 saturated carbocycles. The van der Waals surface area contributed by atoms with Crippen molar-refractivity contribution in [1.29, 1.82) is 0 Å². The van der Waals surface area contributed by atoms with Crippen LogP contribution in [0.5, 0.6) is 0 Å². The van der Waals surface area contributed by atoms with Crippen LogP contribution in [-0.2, 0) is 6.42 Å². The van der Waals surface area contributed by atoms with Crippen molar-refractivity contribution in [2.24, 2.45) is 5.41 Å². The van der Waals surface area contributed by atoms with Crippen molar-refractivity contribution >= 4 is 38.8 Å². The molecule has 2 aliphatic carbocycles. The Balaban J connectivity index is 0.000000623. The number of benzene rings is 8. The SMILES string of the molecule is CC1CC=Cc2c1c1ccccc1n2-c1cc(-c2ccccc2)cc(-c2ccc3c(c2)c2ccccc2n3-c2ccc3c(c2)-c2cc(-c4ccccc4)ccc2C3)c1.CCC(C)(C)CC. The smallest absolute Gasteiger partial charge is 0.0541 e. The van der Waals surface area contributed by atoms with Gasteiger partial charge in [0, 0.05) is 33.2 Å². The molecule has 0 aliphatic heterocycles. The van der Waals surface area contributed by atoms with Gasteiger partial charge >= 0.3 is 0 Å². The van der Waals surface area contributed by atoms with Crippen molar-refractivity contribution in [3.63, 3.8) is 0 Å². The topological polar surface area (TPSA) is 9.86 Å². The van der Waals surface area contributed by atoms with E-state index in [4.69, 9.17) is 0 Å². The van der Waals surface area contributed by atoms with E-state index in [1.54, 1.807) is 0 Å². The molecule has 8 aromatic carbocycles. The minimum absolute atomic E-state index is 0.467. The monoisotopic (exact) mass is 840 g/mol. The van der Waals surface area contributed by atoms with Gasteiger partial charge in [0.2, 0.25) is 0 Å². The summed E-state index contributed by atoms with van der Waals surface area (Å²) in [5.41, 5.74) is 22.2. The average molecular weight is 841 g/mol. The van der Waals surface area contributed by atoms with Crippen LogP contribution in [0.1, 0.15) is 82.2 Å². The molecule has 0 saturated heterocycles. The molecule has 2 aromatic heterocycles. The third kappa shape index (κ3) is 7.22. The largest absolute Gasteiger partial charge is 0.310 e. The van der Waals surface area contributed by atoms with Gasteiger partial charge in [-0.05, 0) is 152 Å². The number of allylic oxidation sites excluding steroid dienone is 1. The average Bonchev–Trinajstić information content (AvgIpc) is 4.02. The van der Waals surface area contributed by atoms with Crippen LogP contribution in [0.4, 0.5) is 0 Å². The van der Waals surface area contributed by atoms with E-state index in [2.05, 4.69) is 238 Å². The summed E-state index contributed by atoms with van der Waals surface area (Å²) in [4.78, 5) is 0. The van der Waals surface area contributed by atoms with Crippen LogP contribution in [0.15, 0.2) is 188 Å². The molecule has 2 heterocycles. The van der Waals surface area contributed by atoms with Crippen LogP contribution in [0.25, 0.3) is 94.7 Å². The second kappa shape index (κ2) is 16.4. The summed E-state index contributed by atoms with van der Waals surface area (Å²) in [7, 11) is 0. The number of nitrogens with zero attached hydrogens (tertiary/aromatic N) is 2. The molecule has 1 atom stereocenters. The number of hydrogen-bond acceptors (Lipinski definition) is 0. The Kier molecular flexibility index (Phi) is 10.3. The Morgan fingerprint density at radius 2 is 1.02 bits per heavy atom. The van der Waals surface area contributed by atoms with E-state index in [-0.39, 0.29) is 0 Å². The molecule has 12 rings (SSSR count). The summed E-state index contributed by atoms with van der Waals surface area (Å²) in [6.07, 6.45) is 9.31. The predicted octanol–water partition coefficient (Wildman–Crippen LogP) is 17.7. The molecule has 0 spiro atoms. The standard InChI is InChI=1S/C56H40N2.C7H16/c1-36-13-12-22-55-56(36)48-19-9-11-21-53(48)58(55)46-31-43(38-16-6-3-7-17-38)30-44(32-46)40-26-28-54-51(34-40)47-18-8-10-20-52(47)57(54)45-27-25-42-29-41-24-23-39(33-49(41)50(42)35-45)37-14-4-2-5-15-37;1-5-7(3,4)6-2/h2-12,14-28,30-36H,13,29H2,1H3;5-6H2,1-4H3. The van der Waals surface area contributed by atoms with E-state index in [9.17, 15) is 0 Å². The lowest BCUT2D eigenvalue weighted by Crippen LogP contribution is -2.05. The highest BCUT2D eigenvalue weighted by Gasteiger charge is 2.25. The molecule has 318 valence electrons. The van der Waals surface area contributed by atoms with E-state index in [1.165, 1.54) is 124 Å². The second-order valence-electron chi connectivity index (χ2n) is 19.0. The van der Waals surface area contributed by atoms with Gasteiger partial charge in [0.15, 0.2) is 0 Å². The number of fused-ring (bicyclic) bond motifs is 9. The van der Waals surface area contributed by atoms with Gasteiger partial charge < -0.3 is 9.13 Å². The molecular weight excluding hydrogens is 785 g/mol. The van der Waals surface area contributed by atoms with Gasteiger partial charge in [-0.2, -0.15) is 0 Å². The van der Waals surface area contributed by atoms with Gasteiger partial charge in [-0.25, -0.2) is 0 Å². The summed E-state index contributed by atoms with van der Waals surface area (Å²) in [6, 6.07) is 67.7. The van der Waals surface area contributed by atoms with Crippen LogP contribution < -0.4 is 0 Å². The maximum atomic E-state index is 2.49. The van der Waals surface area contributed by atoms with E-state index >= 15 is 0 Å². The van der Waals surface area contributed by atoms with Crippen molar-refractivity contribution < 1.29 is 0 Å². The fourth-order valence-electron chi connectivity index (χ4n) is 10.2. The Labute approximate surface area is 384 Å². The van der Waals surface area contributed by atoms with Gasteiger partial charge in [-0.15, -0.1) is 0 Å². The third-order valence-corrected chi connectivity index (χ3v) is 14.7. The number of aromatic nitrogens is 2. The van der Waals surface area contributed by atoms with Crippen molar-refractivity contribution in [2.45, 2.75) is 66.2 Å². The molecule has 2 aliphatic rings. The number of rotatable bonds is 7. The van der Waals surface area contributed by atoms with Crippen molar-refractivity contribution in [2.75, 3.05) is 0 Å². The molecule has 0 radical (unpaired) electrons. The van der Waals surface area contributed by atoms with E-state index in [0.717, 1.165) is 12.8 Å². The zero-order valence-electron chi connectivity index (χ0n) is 38.3. The Morgan fingerprint density at radius 3 is 1.71 bits per heavy atom. The van der Waals surface area contributed by atoms with Gasteiger partial charge in [0.05, 0.1) is 16.6 Å². The zero-order chi connectivity index (χ0) is 44.2. The predicted molar refractivity (Wildman–Crippen MR) is 279 cm³/mol. The van der Waals surface area contributed by atoms with Crippen LogP contribution >= 0.6 is 0 Å². The first-order valence-electron chi connectivity index (χ1n) is 23.6. The number of hydrogen-bond donors (Lipinski definition) is 0. The normalized spacial score (nSPS) is 14.0. The van der Waals surface area contributed by atoms with E-state index in [0.29, 0.717) is 11.3 Å². The van der Waals surface area contributed by atoms with Crippen molar-refractivity contribution in [3.05, 3.63) is 210 Å². The molecule has 10 aromatic rings. The zero-order valence-corrected chi connectivity index (χ0v) is 38.3. The highest BCUT2D eigenvalue weighted by Crippen LogP contribution is 2.44. The summed E-state index contributed by atoms with van der Waals surface area (Å²) in [6.45, 7) is 11.4. The van der Waals surface area contributed by atoms with Gasteiger partial charge in [-0.1, -0.05) is 175 Å². The molecule has 0 amide bonds. The first-order chi connectivity index (χ1) is 31.8. The van der Waals surface area contributed by atoms with Crippen molar-refractivity contribution in [3.8, 4) is 55.9 Å². The van der Waals surface area contributed by atoms with Crippen LogP contribution in [0.3, 0.4) is 0 Å². The minimum atomic E-state index is 0.467. The molecule has 0 fully saturated rings. The summed E-state index contributed by atoms with van der Waals surface area (Å²) in [5.74, 6) is 0.467. The first-order valence-corrected chi connectivity index (χ1v) is 23.6. The maximum Gasteiger partial charge on any atom is 0.0541 e. The van der Waals surface area contributed by atoms with Gasteiger partial charge in [-0.3, -0.25) is 0 Å². The quantitative estimate of drug-likeness (QED) is 0.151. The minimum Gasteiger partial charge on any atom is -0.310 e. The highest BCUT2D eigenvalue weighted by molar-refractivity contribution is 6.10. The van der Waals surface area contributed by atoms with E-state index in [1.807, 2.05) is 0 Å².